The Labute approximate surface area is 99.8 Å². The normalized spacial score (nSPS) is 17.1. The largest absolute Gasteiger partial charge is 0.370 e. The van der Waals surface area contributed by atoms with Crippen molar-refractivity contribution in [2.45, 2.75) is 45.1 Å². The van der Waals surface area contributed by atoms with Crippen LogP contribution in [-0.4, -0.2) is 16.7 Å². The van der Waals surface area contributed by atoms with Gasteiger partial charge in [-0.3, -0.25) is 4.79 Å². The lowest BCUT2D eigenvalue weighted by atomic mass is 9.95. The van der Waals surface area contributed by atoms with Crippen molar-refractivity contribution >= 4 is 5.91 Å². The van der Waals surface area contributed by atoms with Crippen LogP contribution in [0.5, 0.6) is 0 Å². The van der Waals surface area contributed by atoms with Crippen molar-refractivity contribution in [1.82, 2.24) is 10.1 Å². The maximum absolute atomic E-state index is 12.0. The van der Waals surface area contributed by atoms with Gasteiger partial charge in [0, 0.05) is 13.1 Å². The summed E-state index contributed by atoms with van der Waals surface area (Å²) < 4.78 is 6.19. The van der Waals surface area contributed by atoms with Crippen LogP contribution in [0, 0.1) is 6.92 Å². The highest BCUT2D eigenvalue weighted by Gasteiger charge is 2.23. The smallest absolute Gasteiger partial charge is 0.349 e. The Bertz CT molecular complexity index is 467. The number of hydrogen-bond donors (Lipinski definition) is 1. The van der Waals surface area contributed by atoms with Crippen molar-refractivity contribution < 1.29 is 9.32 Å². The van der Waals surface area contributed by atoms with Gasteiger partial charge in [-0.15, -0.1) is 0 Å². The highest BCUT2D eigenvalue weighted by atomic mass is 16.5. The van der Waals surface area contributed by atoms with Crippen LogP contribution < -0.4 is 10.9 Å². The standard InChI is InChI=1S/C12H18N2O3/c1-8-10(12(16)17-14(8)2)11(15)13-9-6-4-3-5-7-9/h9H,3-7H2,1-2H3,(H,13,15). The second-order valence-electron chi connectivity index (χ2n) is 4.65. The van der Waals surface area contributed by atoms with Gasteiger partial charge in [0.25, 0.3) is 5.91 Å². The second-order valence-corrected chi connectivity index (χ2v) is 4.65. The van der Waals surface area contributed by atoms with Crippen molar-refractivity contribution in [3.05, 3.63) is 21.7 Å². The fourth-order valence-corrected chi connectivity index (χ4v) is 2.31. The Morgan fingerprint density at radius 3 is 2.53 bits per heavy atom. The van der Waals surface area contributed by atoms with Crippen LogP contribution >= 0.6 is 0 Å². The number of nitrogens with one attached hydrogen (secondary N) is 1. The molecular formula is C12H18N2O3. The third-order valence-corrected chi connectivity index (χ3v) is 3.43. The summed E-state index contributed by atoms with van der Waals surface area (Å²) in [5.41, 5.74) is 0.152. The minimum atomic E-state index is -0.557. The number of hydrogen-bond acceptors (Lipinski definition) is 3. The van der Waals surface area contributed by atoms with E-state index in [1.165, 1.54) is 11.2 Å². The zero-order valence-corrected chi connectivity index (χ0v) is 10.3. The number of aryl methyl sites for hydroxylation is 1. The molecule has 1 aliphatic carbocycles. The minimum absolute atomic E-state index is 0.137. The number of carbonyl (C=O) groups is 1. The first-order chi connectivity index (χ1) is 8.09. The molecule has 94 valence electrons. The molecule has 0 aliphatic heterocycles. The predicted molar refractivity (Wildman–Crippen MR) is 63.0 cm³/mol. The van der Waals surface area contributed by atoms with Crippen LogP contribution in [0.3, 0.4) is 0 Å². The summed E-state index contributed by atoms with van der Waals surface area (Å²) in [6.45, 7) is 1.71. The molecule has 0 spiro atoms. The SMILES string of the molecule is Cc1c(C(=O)NC2CCCCC2)c(=O)on1C. The summed E-state index contributed by atoms with van der Waals surface area (Å²) in [5, 5.41) is 2.92. The molecule has 5 heteroatoms. The lowest BCUT2D eigenvalue weighted by Crippen LogP contribution is -2.38. The molecule has 0 unspecified atom stereocenters. The van der Waals surface area contributed by atoms with Crippen molar-refractivity contribution in [1.29, 1.82) is 0 Å². The minimum Gasteiger partial charge on any atom is -0.349 e. The zero-order valence-electron chi connectivity index (χ0n) is 10.3. The fourth-order valence-electron chi connectivity index (χ4n) is 2.31. The van der Waals surface area contributed by atoms with Gasteiger partial charge in [-0.25, -0.2) is 9.53 Å². The predicted octanol–water partition coefficient (Wildman–Crippen LogP) is 1.35. The molecule has 5 nitrogen and oxygen atoms in total. The maximum Gasteiger partial charge on any atom is 0.370 e. The first-order valence-electron chi connectivity index (χ1n) is 6.07. The first-order valence-corrected chi connectivity index (χ1v) is 6.07. The lowest BCUT2D eigenvalue weighted by molar-refractivity contribution is 0.0925. The third kappa shape index (κ3) is 2.43. The van der Waals surface area contributed by atoms with Crippen molar-refractivity contribution in [2.75, 3.05) is 0 Å². The number of rotatable bonds is 2. The molecule has 1 amide bonds. The number of nitrogens with zero attached hydrogens (tertiary/aromatic N) is 1. The van der Waals surface area contributed by atoms with E-state index < -0.39 is 5.63 Å². The Kier molecular flexibility index (Phi) is 3.36. The average Bonchev–Trinajstić information content (AvgIpc) is 2.54. The average molecular weight is 238 g/mol. The Hall–Kier alpha value is -1.52. The van der Waals surface area contributed by atoms with Gasteiger partial charge >= 0.3 is 5.63 Å². The van der Waals surface area contributed by atoms with Crippen LogP contribution in [0.15, 0.2) is 9.32 Å². The van der Waals surface area contributed by atoms with Crippen LogP contribution in [0.4, 0.5) is 0 Å². The molecule has 0 aromatic carbocycles. The molecule has 0 saturated heterocycles. The Morgan fingerprint density at radius 2 is 2.00 bits per heavy atom. The van der Waals surface area contributed by atoms with E-state index in [0.717, 1.165) is 25.7 Å². The lowest BCUT2D eigenvalue weighted by Gasteiger charge is -2.22. The van der Waals surface area contributed by atoms with E-state index in [-0.39, 0.29) is 17.5 Å². The Balaban J connectivity index is 2.11. The van der Waals surface area contributed by atoms with Gasteiger partial charge in [-0.1, -0.05) is 19.3 Å². The molecule has 1 aromatic heterocycles. The van der Waals surface area contributed by atoms with Crippen molar-refractivity contribution in [2.24, 2.45) is 7.05 Å². The molecule has 17 heavy (non-hydrogen) atoms. The molecular weight excluding hydrogens is 220 g/mol. The van der Waals surface area contributed by atoms with Crippen LogP contribution in [0.25, 0.3) is 0 Å². The quantitative estimate of drug-likeness (QED) is 0.845. The summed E-state index contributed by atoms with van der Waals surface area (Å²) in [6, 6.07) is 0.204. The topological polar surface area (TPSA) is 64.2 Å². The second kappa shape index (κ2) is 4.77. The molecule has 0 bridgehead atoms. The van der Waals surface area contributed by atoms with E-state index in [4.69, 9.17) is 4.52 Å². The molecule has 1 aromatic rings. The van der Waals surface area contributed by atoms with Crippen LogP contribution in [-0.2, 0) is 7.05 Å². The number of amides is 1. The summed E-state index contributed by atoms with van der Waals surface area (Å²) in [6.07, 6.45) is 5.53. The van der Waals surface area contributed by atoms with Crippen molar-refractivity contribution in [3.63, 3.8) is 0 Å². The van der Waals surface area contributed by atoms with Crippen LogP contribution in [0.2, 0.25) is 0 Å². The molecule has 1 fully saturated rings. The van der Waals surface area contributed by atoms with Crippen molar-refractivity contribution in [3.8, 4) is 0 Å². The van der Waals surface area contributed by atoms with E-state index >= 15 is 0 Å². The number of aromatic nitrogens is 1. The van der Waals surface area contributed by atoms with E-state index in [1.54, 1.807) is 14.0 Å². The van der Waals surface area contributed by atoms with Gasteiger partial charge in [-0.2, -0.15) is 0 Å². The van der Waals surface area contributed by atoms with Gasteiger partial charge < -0.3 is 9.84 Å². The molecule has 0 atom stereocenters. The summed E-state index contributed by atoms with van der Waals surface area (Å²) in [7, 11) is 1.62. The monoisotopic (exact) mass is 238 g/mol. The van der Waals surface area contributed by atoms with Gasteiger partial charge in [-0.05, 0) is 19.8 Å². The van der Waals surface area contributed by atoms with Gasteiger partial charge in [0.1, 0.15) is 5.56 Å². The summed E-state index contributed by atoms with van der Waals surface area (Å²) in [4.78, 5) is 23.5. The summed E-state index contributed by atoms with van der Waals surface area (Å²) in [5.74, 6) is -0.302. The van der Waals surface area contributed by atoms with Gasteiger partial charge in [0.05, 0.1) is 5.69 Å². The molecule has 0 radical (unpaired) electrons. The van der Waals surface area contributed by atoms with E-state index in [2.05, 4.69) is 5.32 Å². The highest BCUT2D eigenvalue weighted by Crippen LogP contribution is 2.17. The van der Waals surface area contributed by atoms with E-state index in [0.29, 0.717) is 5.69 Å². The number of carbonyl (C=O) groups excluding carboxylic acids is 1. The molecule has 1 aliphatic rings. The maximum atomic E-state index is 12.0. The zero-order chi connectivity index (χ0) is 12.4. The molecule has 1 N–H and O–H groups in total. The highest BCUT2D eigenvalue weighted by molar-refractivity contribution is 5.94. The van der Waals surface area contributed by atoms with Gasteiger partial charge in [0.15, 0.2) is 0 Å². The molecule has 2 rings (SSSR count). The first kappa shape index (κ1) is 12.0. The van der Waals surface area contributed by atoms with E-state index in [9.17, 15) is 9.59 Å². The third-order valence-electron chi connectivity index (χ3n) is 3.43. The van der Waals surface area contributed by atoms with E-state index in [1.807, 2.05) is 0 Å². The summed E-state index contributed by atoms with van der Waals surface area (Å²) >= 11 is 0. The Morgan fingerprint density at radius 1 is 1.35 bits per heavy atom. The van der Waals surface area contributed by atoms with Crippen LogP contribution in [0.1, 0.15) is 48.2 Å². The molecule has 1 saturated carbocycles. The molecule has 1 heterocycles. The fraction of sp³-hybridized carbons (Fsp3) is 0.667. The van der Waals surface area contributed by atoms with Gasteiger partial charge in [0.2, 0.25) is 0 Å².